The Bertz CT molecular complexity index is 345. The van der Waals surface area contributed by atoms with E-state index in [9.17, 15) is 9.18 Å². The van der Waals surface area contributed by atoms with Gasteiger partial charge in [-0.3, -0.25) is 0 Å². The van der Waals surface area contributed by atoms with E-state index in [-0.39, 0.29) is 11.1 Å². The van der Waals surface area contributed by atoms with Crippen molar-refractivity contribution < 1.29 is 14.3 Å². The van der Waals surface area contributed by atoms with Gasteiger partial charge in [0, 0.05) is 5.56 Å². The van der Waals surface area contributed by atoms with Crippen LogP contribution in [0.3, 0.4) is 0 Å². The van der Waals surface area contributed by atoms with E-state index >= 15 is 0 Å². The van der Waals surface area contributed by atoms with Gasteiger partial charge in [0.1, 0.15) is 5.82 Å². The number of aromatic carboxylic acids is 1. The average molecular weight is 182 g/mol. The van der Waals surface area contributed by atoms with Gasteiger partial charge in [0.25, 0.3) is 0 Å². The lowest BCUT2D eigenvalue weighted by Gasteiger charge is -2.06. The fraction of sp³-hybridized carbons (Fsp3) is 0.300. The highest BCUT2D eigenvalue weighted by atomic mass is 19.1. The maximum Gasteiger partial charge on any atom is 0.336 e. The third-order valence-corrected chi connectivity index (χ3v) is 2.02. The molecule has 0 spiro atoms. The summed E-state index contributed by atoms with van der Waals surface area (Å²) in [5.41, 5.74) is 0.833. The highest BCUT2D eigenvalue weighted by Crippen LogP contribution is 2.17. The average Bonchev–Trinajstić information content (AvgIpc) is 2.09. The fourth-order valence-electron chi connectivity index (χ4n) is 1.28. The summed E-state index contributed by atoms with van der Waals surface area (Å²) in [6, 6.07) is 2.93. The molecule has 0 bridgehead atoms. The van der Waals surface area contributed by atoms with E-state index in [0.29, 0.717) is 12.0 Å². The maximum atomic E-state index is 13.4. The molecule has 0 radical (unpaired) electrons. The molecule has 70 valence electrons. The third-order valence-electron chi connectivity index (χ3n) is 2.02. The zero-order chi connectivity index (χ0) is 10.0. The second-order valence-electron chi connectivity index (χ2n) is 2.88. The number of halogens is 1. The zero-order valence-corrected chi connectivity index (χ0v) is 7.60. The van der Waals surface area contributed by atoms with Gasteiger partial charge >= 0.3 is 5.97 Å². The fourth-order valence-corrected chi connectivity index (χ4v) is 1.28. The molecule has 13 heavy (non-hydrogen) atoms. The van der Waals surface area contributed by atoms with Crippen molar-refractivity contribution in [3.05, 3.63) is 34.6 Å². The normalized spacial score (nSPS) is 10.1. The molecule has 1 rings (SSSR count). The quantitative estimate of drug-likeness (QED) is 0.762. The van der Waals surface area contributed by atoms with Crippen LogP contribution in [0.2, 0.25) is 0 Å². The first-order chi connectivity index (χ1) is 6.07. The number of hydrogen-bond donors (Lipinski definition) is 1. The molecule has 0 aliphatic heterocycles. The Balaban J connectivity index is 3.38. The molecule has 0 saturated carbocycles. The Morgan fingerprint density at radius 1 is 1.54 bits per heavy atom. The van der Waals surface area contributed by atoms with Gasteiger partial charge in [-0.25, -0.2) is 9.18 Å². The van der Waals surface area contributed by atoms with E-state index in [1.165, 1.54) is 12.1 Å². The van der Waals surface area contributed by atoms with Crippen molar-refractivity contribution >= 4 is 5.97 Å². The first-order valence-corrected chi connectivity index (χ1v) is 4.09. The van der Waals surface area contributed by atoms with Crippen molar-refractivity contribution in [3.8, 4) is 0 Å². The number of benzene rings is 1. The smallest absolute Gasteiger partial charge is 0.336 e. The van der Waals surface area contributed by atoms with Crippen molar-refractivity contribution in [2.45, 2.75) is 20.3 Å². The van der Waals surface area contributed by atoms with Crippen LogP contribution >= 0.6 is 0 Å². The Morgan fingerprint density at radius 2 is 2.15 bits per heavy atom. The molecular weight excluding hydrogens is 171 g/mol. The topological polar surface area (TPSA) is 37.3 Å². The van der Waals surface area contributed by atoms with Crippen LogP contribution in [0, 0.1) is 12.7 Å². The molecule has 1 N–H and O–H groups in total. The van der Waals surface area contributed by atoms with Gasteiger partial charge in [0.15, 0.2) is 0 Å². The van der Waals surface area contributed by atoms with Gasteiger partial charge in [-0.15, -0.1) is 0 Å². The molecule has 0 unspecified atom stereocenters. The summed E-state index contributed by atoms with van der Waals surface area (Å²) >= 11 is 0. The van der Waals surface area contributed by atoms with E-state index in [1.54, 1.807) is 13.8 Å². The summed E-state index contributed by atoms with van der Waals surface area (Å²) in [7, 11) is 0. The second-order valence-corrected chi connectivity index (χ2v) is 2.88. The summed E-state index contributed by atoms with van der Waals surface area (Å²) < 4.78 is 13.4. The minimum absolute atomic E-state index is 0.0607. The van der Waals surface area contributed by atoms with Crippen LogP contribution in [-0.4, -0.2) is 11.1 Å². The van der Waals surface area contributed by atoms with E-state index in [4.69, 9.17) is 5.11 Å². The van der Waals surface area contributed by atoms with Crippen LogP contribution < -0.4 is 0 Å². The number of carboxylic acid groups (broad SMARTS) is 1. The Morgan fingerprint density at radius 3 is 2.62 bits per heavy atom. The molecule has 0 atom stereocenters. The van der Waals surface area contributed by atoms with Crippen molar-refractivity contribution in [2.75, 3.05) is 0 Å². The largest absolute Gasteiger partial charge is 0.478 e. The molecule has 3 heteroatoms. The molecule has 0 saturated heterocycles. The van der Waals surface area contributed by atoms with Crippen molar-refractivity contribution in [3.63, 3.8) is 0 Å². The van der Waals surface area contributed by atoms with Crippen LogP contribution in [0.1, 0.15) is 28.4 Å². The highest BCUT2D eigenvalue weighted by Gasteiger charge is 2.13. The lowest BCUT2D eigenvalue weighted by atomic mass is 10.0. The standard InChI is InChI=1S/C10H11FO2/c1-3-7-8(10(12)13)5-4-6(2)9(7)11/h4-5H,3H2,1-2H3,(H,12,13). The van der Waals surface area contributed by atoms with Gasteiger partial charge in [-0.1, -0.05) is 13.0 Å². The molecule has 0 aliphatic carbocycles. The van der Waals surface area contributed by atoms with Crippen LogP contribution in [0.15, 0.2) is 12.1 Å². The first-order valence-electron chi connectivity index (χ1n) is 4.09. The molecule has 0 heterocycles. The number of hydrogen-bond acceptors (Lipinski definition) is 1. The maximum absolute atomic E-state index is 13.4. The molecule has 1 aromatic rings. The number of carbonyl (C=O) groups is 1. The molecule has 1 aromatic carbocycles. The predicted molar refractivity (Wildman–Crippen MR) is 47.5 cm³/mol. The van der Waals surface area contributed by atoms with Crippen LogP contribution in [0.25, 0.3) is 0 Å². The third kappa shape index (κ3) is 1.69. The summed E-state index contributed by atoms with van der Waals surface area (Å²) in [5.74, 6) is -1.47. The van der Waals surface area contributed by atoms with Crippen molar-refractivity contribution in [2.24, 2.45) is 0 Å². The Labute approximate surface area is 76.0 Å². The number of rotatable bonds is 2. The van der Waals surface area contributed by atoms with Gasteiger partial charge in [-0.05, 0) is 25.0 Å². The van der Waals surface area contributed by atoms with Gasteiger partial charge in [0.2, 0.25) is 0 Å². The van der Waals surface area contributed by atoms with E-state index in [1.807, 2.05) is 0 Å². The van der Waals surface area contributed by atoms with Crippen LogP contribution in [0.4, 0.5) is 4.39 Å². The number of carboxylic acids is 1. The Kier molecular flexibility index (Phi) is 2.66. The summed E-state index contributed by atoms with van der Waals surface area (Å²) in [6.45, 7) is 3.37. The SMILES string of the molecule is CCc1c(C(=O)O)ccc(C)c1F. The Hall–Kier alpha value is -1.38. The summed E-state index contributed by atoms with van der Waals surface area (Å²) in [6.07, 6.45) is 0.398. The van der Waals surface area contributed by atoms with Crippen molar-refractivity contribution in [1.29, 1.82) is 0 Å². The minimum atomic E-state index is -1.07. The molecule has 0 fully saturated rings. The number of aryl methyl sites for hydroxylation is 1. The molecule has 0 aliphatic rings. The molecule has 0 amide bonds. The van der Waals surface area contributed by atoms with Gasteiger partial charge in [0.05, 0.1) is 5.56 Å². The first kappa shape index (κ1) is 9.71. The zero-order valence-electron chi connectivity index (χ0n) is 7.60. The van der Waals surface area contributed by atoms with Crippen LogP contribution in [-0.2, 0) is 6.42 Å². The second kappa shape index (κ2) is 3.56. The summed E-state index contributed by atoms with van der Waals surface area (Å²) in [4.78, 5) is 10.7. The minimum Gasteiger partial charge on any atom is -0.478 e. The highest BCUT2D eigenvalue weighted by molar-refractivity contribution is 5.89. The molecule has 0 aromatic heterocycles. The monoisotopic (exact) mass is 182 g/mol. The lowest BCUT2D eigenvalue weighted by Crippen LogP contribution is -2.05. The predicted octanol–water partition coefficient (Wildman–Crippen LogP) is 2.39. The van der Waals surface area contributed by atoms with E-state index < -0.39 is 11.8 Å². The molecule has 2 nitrogen and oxygen atoms in total. The van der Waals surface area contributed by atoms with Gasteiger partial charge in [-0.2, -0.15) is 0 Å². The van der Waals surface area contributed by atoms with Crippen LogP contribution in [0.5, 0.6) is 0 Å². The van der Waals surface area contributed by atoms with Gasteiger partial charge < -0.3 is 5.11 Å². The summed E-state index contributed by atoms with van der Waals surface area (Å²) in [5, 5.41) is 8.75. The lowest BCUT2D eigenvalue weighted by molar-refractivity contribution is 0.0695. The molecular formula is C10H11FO2. The van der Waals surface area contributed by atoms with E-state index in [2.05, 4.69) is 0 Å². The van der Waals surface area contributed by atoms with Crippen molar-refractivity contribution in [1.82, 2.24) is 0 Å². The van der Waals surface area contributed by atoms with E-state index in [0.717, 1.165) is 0 Å².